The Hall–Kier alpha value is -0.470. The lowest BCUT2D eigenvalue weighted by molar-refractivity contribution is -0.00000484. The maximum Gasteiger partial charge on any atom is 0.128 e. The van der Waals surface area contributed by atoms with E-state index in [-0.39, 0.29) is 26.7 Å². The number of fused-ring (bicyclic) bond motifs is 3. The van der Waals surface area contributed by atoms with Crippen LogP contribution in [0.1, 0.15) is 55.9 Å². The van der Waals surface area contributed by atoms with Gasteiger partial charge in [-0.2, -0.15) is 0 Å². The lowest BCUT2D eigenvalue weighted by Gasteiger charge is -2.24. The quantitative estimate of drug-likeness (QED) is 0.432. The van der Waals surface area contributed by atoms with Crippen molar-refractivity contribution in [3.8, 4) is 0 Å². The Labute approximate surface area is 160 Å². The number of allylic oxidation sites excluding steroid dienone is 4. The highest BCUT2D eigenvalue weighted by molar-refractivity contribution is 9.10. The number of hydrogen-bond acceptors (Lipinski definition) is 0. The third kappa shape index (κ3) is 4.14. The van der Waals surface area contributed by atoms with Gasteiger partial charge in [-0.15, -0.1) is 0 Å². The van der Waals surface area contributed by atoms with E-state index in [1.807, 2.05) is 0 Å². The van der Waals surface area contributed by atoms with Crippen LogP contribution in [0.3, 0.4) is 0 Å². The molecule has 4 bridgehead atoms. The summed E-state index contributed by atoms with van der Waals surface area (Å²) in [6.07, 6.45) is 13.8. The van der Waals surface area contributed by atoms with E-state index < -0.39 is 0 Å². The van der Waals surface area contributed by atoms with Gasteiger partial charge >= 0.3 is 0 Å². The van der Waals surface area contributed by atoms with E-state index in [1.165, 1.54) is 27.8 Å². The molecule has 23 heavy (non-hydrogen) atoms. The average Bonchev–Trinajstić information content (AvgIpc) is 2.47. The van der Waals surface area contributed by atoms with Gasteiger partial charge in [-0.25, -0.2) is 0 Å². The molecule has 0 aromatic heterocycles. The van der Waals surface area contributed by atoms with Crippen molar-refractivity contribution in [1.29, 1.82) is 0 Å². The molecule has 1 aromatic rings. The Kier molecular flexibility index (Phi) is 5.58. The molecule has 2 heteroatoms. The molecule has 0 spiro atoms. The summed E-state index contributed by atoms with van der Waals surface area (Å²) in [5.74, 6) is 0. The maximum absolute atomic E-state index is 3.92. The third-order valence-corrected chi connectivity index (χ3v) is 6.02. The van der Waals surface area contributed by atoms with Crippen LogP contribution in [0.5, 0.6) is 0 Å². The van der Waals surface area contributed by atoms with Crippen LogP contribution in [0.4, 0.5) is 0 Å². The fraction of sp³-hybridized carbons (Fsp3) is 0.476. The monoisotopic (exact) mass is 436 g/mol. The molecule has 1 atom stereocenters. The summed E-state index contributed by atoms with van der Waals surface area (Å²) in [6, 6.07) is 4.89. The molecular formula is C21H26Br2. The lowest BCUT2D eigenvalue weighted by Crippen LogP contribution is -3.00. The van der Waals surface area contributed by atoms with E-state index in [0.717, 1.165) is 25.7 Å². The van der Waals surface area contributed by atoms with Crippen LogP contribution in [0.25, 0.3) is 0 Å². The molecule has 0 saturated carbocycles. The topological polar surface area (TPSA) is 0 Å². The lowest BCUT2D eigenvalue weighted by atomic mass is 9.82. The first kappa shape index (κ1) is 18.9. The van der Waals surface area contributed by atoms with Crippen molar-refractivity contribution < 1.29 is 17.0 Å². The standard InChI is InChI=1S/C21H26Br.BrH/c1-15-17-6-5-16-7-10-21(22,11-8-16)12-9-18(15)14-19(13-17)20(2,3)4;/h7-8,10-11,13-14H,5-6,9,12H2,1-4H3;1H/q+1;/p-1. The van der Waals surface area contributed by atoms with Gasteiger partial charge in [0.1, 0.15) is 4.32 Å². The fourth-order valence-electron chi connectivity index (χ4n) is 3.33. The van der Waals surface area contributed by atoms with E-state index in [4.69, 9.17) is 0 Å². The second-order valence-corrected chi connectivity index (χ2v) is 9.31. The van der Waals surface area contributed by atoms with Crippen molar-refractivity contribution in [1.82, 2.24) is 0 Å². The summed E-state index contributed by atoms with van der Waals surface area (Å²) < 4.78 is 0.0329. The van der Waals surface area contributed by atoms with E-state index >= 15 is 0 Å². The molecule has 0 amide bonds. The summed E-state index contributed by atoms with van der Waals surface area (Å²) in [5.41, 5.74) is 7.70. The van der Waals surface area contributed by atoms with Gasteiger partial charge in [-0.3, -0.25) is 0 Å². The predicted octanol–water partition coefficient (Wildman–Crippen LogP) is 3.01. The molecule has 0 radical (unpaired) electrons. The molecule has 0 heterocycles. The van der Waals surface area contributed by atoms with Crippen LogP contribution in [-0.4, -0.2) is 4.32 Å². The molecule has 1 aromatic carbocycles. The van der Waals surface area contributed by atoms with Crippen LogP contribution < -0.4 is 17.0 Å². The van der Waals surface area contributed by atoms with Gasteiger partial charge in [0.2, 0.25) is 0 Å². The van der Waals surface area contributed by atoms with Gasteiger partial charge in [-0.1, -0.05) is 48.8 Å². The van der Waals surface area contributed by atoms with Crippen LogP contribution in [0.15, 0.2) is 35.9 Å². The summed E-state index contributed by atoms with van der Waals surface area (Å²) >= 11 is 3.92. The molecule has 0 saturated heterocycles. The molecule has 3 aliphatic carbocycles. The average molecular weight is 438 g/mol. The molecule has 1 unspecified atom stereocenters. The van der Waals surface area contributed by atoms with Crippen LogP contribution >= 0.6 is 15.9 Å². The molecule has 0 aliphatic heterocycles. The number of halogens is 2. The summed E-state index contributed by atoms with van der Waals surface area (Å²) in [4.78, 5) is 0. The largest absolute Gasteiger partial charge is 1.00 e. The molecule has 0 nitrogen and oxygen atoms in total. The van der Waals surface area contributed by atoms with Crippen molar-refractivity contribution in [2.45, 2.75) is 63.1 Å². The normalized spacial score (nSPS) is 23.4. The first-order valence-electron chi connectivity index (χ1n) is 8.33. The van der Waals surface area contributed by atoms with Crippen LogP contribution in [-0.2, 0) is 18.3 Å². The van der Waals surface area contributed by atoms with Gasteiger partial charge in [0.05, 0.1) is 18.1 Å². The van der Waals surface area contributed by atoms with Gasteiger partial charge in [-0.05, 0) is 59.9 Å². The number of aryl methyl sites for hydroxylation is 2. The summed E-state index contributed by atoms with van der Waals surface area (Å²) in [6.45, 7) is 9.26. The van der Waals surface area contributed by atoms with Gasteiger partial charge < -0.3 is 17.0 Å². The second kappa shape index (κ2) is 6.80. The molecule has 0 N–H and O–H groups in total. The maximum atomic E-state index is 3.92. The highest BCUT2D eigenvalue weighted by Gasteiger charge is 2.32. The van der Waals surface area contributed by atoms with Gasteiger partial charge in [0.15, 0.2) is 0 Å². The third-order valence-electron chi connectivity index (χ3n) is 5.10. The Morgan fingerprint density at radius 1 is 1.09 bits per heavy atom. The zero-order chi connectivity index (χ0) is 16.0. The van der Waals surface area contributed by atoms with Crippen LogP contribution in [0, 0.1) is 13.3 Å². The van der Waals surface area contributed by atoms with E-state index in [1.54, 1.807) is 0 Å². The molecule has 4 rings (SSSR count). The first-order valence-corrected chi connectivity index (χ1v) is 9.12. The Morgan fingerprint density at radius 3 is 2.30 bits per heavy atom. The fourth-order valence-corrected chi connectivity index (χ4v) is 3.80. The Morgan fingerprint density at radius 2 is 1.74 bits per heavy atom. The zero-order valence-electron chi connectivity index (χ0n) is 14.5. The zero-order valence-corrected chi connectivity index (χ0v) is 17.7. The van der Waals surface area contributed by atoms with Gasteiger partial charge in [0.25, 0.3) is 0 Å². The van der Waals surface area contributed by atoms with E-state index in [9.17, 15) is 0 Å². The number of rotatable bonds is 0. The Balaban J connectivity index is 0.00000192. The Bertz CT molecular complexity index is 647. The number of hydrogen-bond donors (Lipinski definition) is 0. The van der Waals surface area contributed by atoms with E-state index in [0.29, 0.717) is 0 Å². The smallest absolute Gasteiger partial charge is 0.128 e. The summed E-state index contributed by atoms with van der Waals surface area (Å²) in [5, 5.41) is 0. The van der Waals surface area contributed by atoms with Crippen molar-refractivity contribution >= 4 is 15.9 Å². The first-order chi connectivity index (χ1) is 10.3. The van der Waals surface area contributed by atoms with Crippen LogP contribution in [0.2, 0.25) is 0 Å². The molecule has 0 fully saturated rings. The summed E-state index contributed by atoms with van der Waals surface area (Å²) in [7, 11) is 0. The van der Waals surface area contributed by atoms with E-state index in [2.05, 4.69) is 80.4 Å². The SMILES string of the molecule is Cc1c2cc(C(C)(C)C)cc1CCC1(Br)C=CC(=C[CH+]1)CC2.[Br-]. The van der Waals surface area contributed by atoms with Crippen molar-refractivity contribution in [3.05, 3.63) is 64.6 Å². The predicted molar refractivity (Wildman–Crippen MR) is 99.7 cm³/mol. The number of benzene rings is 1. The molecular weight excluding hydrogens is 412 g/mol. The van der Waals surface area contributed by atoms with Crippen molar-refractivity contribution in [3.63, 3.8) is 0 Å². The number of alkyl halides is 1. The minimum absolute atomic E-state index is 0. The highest BCUT2D eigenvalue weighted by atomic mass is 79.9. The van der Waals surface area contributed by atoms with Gasteiger partial charge in [0, 0.05) is 12.5 Å². The minimum atomic E-state index is 0. The molecule has 3 aliphatic rings. The molecule has 124 valence electrons. The minimum Gasteiger partial charge on any atom is -1.00 e. The second-order valence-electron chi connectivity index (χ2n) is 7.84. The van der Waals surface area contributed by atoms with Crippen molar-refractivity contribution in [2.75, 3.05) is 0 Å². The highest BCUT2D eigenvalue weighted by Crippen LogP contribution is 2.37. The van der Waals surface area contributed by atoms with Crippen molar-refractivity contribution in [2.24, 2.45) is 0 Å².